The van der Waals surface area contributed by atoms with Gasteiger partial charge in [-0.05, 0) is 47.9 Å². The first-order valence-corrected chi connectivity index (χ1v) is 11.6. The van der Waals surface area contributed by atoms with Crippen LogP contribution in [0.1, 0.15) is 22.8 Å². The lowest BCUT2D eigenvalue weighted by Crippen LogP contribution is -2.58. The van der Waals surface area contributed by atoms with E-state index >= 15 is 0 Å². The molecule has 0 aromatic heterocycles. The Hall–Kier alpha value is -2.73. The van der Waals surface area contributed by atoms with Gasteiger partial charge in [0.25, 0.3) is 0 Å². The monoisotopic (exact) mass is 484 g/mol. The Bertz CT molecular complexity index is 1080. The third-order valence-electron chi connectivity index (χ3n) is 5.65. The van der Waals surface area contributed by atoms with Crippen LogP contribution in [0.4, 0.5) is 4.79 Å². The van der Waals surface area contributed by atoms with Gasteiger partial charge in [0.1, 0.15) is 11.9 Å². The standard InChI is InChI=1S/C26H26Cl2N2O3/c1-32-21-6-4-5-18(15-21)13-14-29-26(31)30-16-22(17-30)33-25(19-9-11-20(27)12-10-19)23-7-2-3-8-24(23)28/h2-12,15,22,25H,13-14,16-17H2,1H3,(H,29,31)/t25-/m0/s1. The van der Waals surface area contributed by atoms with Crippen LogP contribution in [0.2, 0.25) is 10.0 Å². The van der Waals surface area contributed by atoms with Crippen LogP contribution in [-0.4, -0.2) is 43.8 Å². The highest BCUT2D eigenvalue weighted by Gasteiger charge is 2.34. The number of urea groups is 1. The van der Waals surface area contributed by atoms with Crippen LogP contribution in [0.3, 0.4) is 0 Å². The minimum atomic E-state index is -0.334. The fourth-order valence-electron chi connectivity index (χ4n) is 3.79. The van der Waals surface area contributed by atoms with E-state index in [2.05, 4.69) is 5.32 Å². The molecule has 33 heavy (non-hydrogen) atoms. The first-order valence-electron chi connectivity index (χ1n) is 10.8. The van der Waals surface area contributed by atoms with Gasteiger partial charge in [-0.3, -0.25) is 0 Å². The minimum Gasteiger partial charge on any atom is -0.497 e. The number of benzene rings is 3. The molecule has 2 amide bonds. The Balaban J connectivity index is 1.31. The Morgan fingerprint density at radius 1 is 1.06 bits per heavy atom. The highest BCUT2D eigenvalue weighted by molar-refractivity contribution is 6.31. The van der Waals surface area contributed by atoms with Crippen LogP contribution in [0, 0.1) is 0 Å². The molecule has 0 bridgehead atoms. The van der Waals surface area contributed by atoms with E-state index in [4.69, 9.17) is 32.7 Å². The van der Waals surface area contributed by atoms with Gasteiger partial charge in [0.15, 0.2) is 0 Å². The molecule has 1 aliphatic heterocycles. The molecule has 0 spiro atoms. The minimum absolute atomic E-state index is 0.0777. The third-order valence-corrected chi connectivity index (χ3v) is 6.24. The summed E-state index contributed by atoms with van der Waals surface area (Å²) in [5.74, 6) is 0.815. The van der Waals surface area contributed by atoms with Crippen molar-refractivity contribution in [1.29, 1.82) is 0 Å². The van der Waals surface area contributed by atoms with E-state index in [1.165, 1.54) is 0 Å². The molecule has 1 aliphatic rings. The Morgan fingerprint density at radius 2 is 1.82 bits per heavy atom. The van der Waals surface area contributed by atoms with Crippen LogP contribution in [0.25, 0.3) is 0 Å². The lowest BCUT2D eigenvalue weighted by Gasteiger charge is -2.40. The van der Waals surface area contributed by atoms with Gasteiger partial charge in [-0.25, -0.2) is 4.79 Å². The van der Waals surface area contributed by atoms with Crippen molar-refractivity contribution in [3.63, 3.8) is 0 Å². The molecule has 1 N–H and O–H groups in total. The van der Waals surface area contributed by atoms with Gasteiger partial charge in [-0.15, -0.1) is 0 Å². The highest BCUT2D eigenvalue weighted by Crippen LogP contribution is 2.34. The van der Waals surface area contributed by atoms with Crippen LogP contribution in [0.15, 0.2) is 72.8 Å². The molecule has 5 nitrogen and oxygen atoms in total. The van der Waals surface area contributed by atoms with Crippen molar-refractivity contribution in [2.45, 2.75) is 18.6 Å². The number of ether oxygens (including phenoxy) is 2. The molecule has 1 saturated heterocycles. The molecule has 7 heteroatoms. The zero-order chi connectivity index (χ0) is 23.2. The molecule has 1 heterocycles. The predicted octanol–water partition coefficient (Wildman–Crippen LogP) is 5.74. The molecule has 3 aromatic rings. The van der Waals surface area contributed by atoms with Crippen molar-refractivity contribution in [1.82, 2.24) is 10.2 Å². The number of likely N-dealkylation sites (tertiary alicyclic amines) is 1. The summed E-state index contributed by atoms with van der Waals surface area (Å²) in [5, 5.41) is 4.28. The van der Waals surface area contributed by atoms with Crippen molar-refractivity contribution in [2.24, 2.45) is 0 Å². The third kappa shape index (κ3) is 5.99. The maximum Gasteiger partial charge on any atom is 0.317 e. The van der Waals surface area contributed by atoms with Crippen molar-refractivity contribution in [3.05, 3.63) is 99.5 Å². The van der Waals surface area contributed by atoms with Gasteiger partial charge in [0.05, 0.1) is 26.3 Å². The summed E-state index contributed by atoms with van der Waals surface area (Å²) in [4.78, 5) is 14.3. The molecular formula is C26H26Cl2N2O3. The number of nitrogens with zero attached hydrogens (tertiary/aromatic N) is 1. The van der Waals surface area contributed by atoms with E-state index in [-0.39, 0.29) is 18.2 Å². The van der Waals surface area contributed by atoms with Crippen molar-refractivity contribution >= 4 is 29.2 Å². The summed E-state index contributed by atoms with van der Waals surface area (Å²) in [7, 11) is 1.65. The number of hydrogen-bond acceptors (Lipinski definition) is 3. The number of methoxy groups -OCH3 is 1. The molecule has 172 valence electrons. The number of nitrogens with one attached hydrogen (secondary N) is 1. The fraction of sp³-hybridized carbons (Fsp3) is 0.269. The number of carbonyl (C=O) groups excluding carboxylic acids is 1. The molecule has 0 aliphatic carbocycles. The van der Waals surface area contributed by atoms with Crippen LogP contribution in [0.5, 0.6) is 5.75 Å². The molecule has 3 aromatic carbocycles. The van der Waals surface area contributed by atoms with Gasteiger partial charge in [0.2, 0.25) is 0 Å². The van der Waals surface area contributed by atoms with Gasteiger partial charge in [0, 0.05) is 22.2 Å². The quantitative estimate of drug-likeness (QED) is 0.443. The number of rotatable bonds is 8. The zero-order valence-corrected chi connectivity index (χ0v) is 19.9. The largest absolute Gasteiger partial charge is 0.497 e. The highest BCUT2D eigenvalue weighted by atomic mass is 35.5. The van der Waals surface area contributed by atoms with Gasteiger partial charge in [-0.2, -0.15) is 0 Å². The summed E-state index contributed by atoms with van der Waals surface area (Å²) >= 11 is 12.5. The molecule has 0 unspecified atom stereocenters. The van der Waals surface area contributed by atoms with Crippen molar-refractivity contribution in [2.75, 3.05) is 26.7 Å². The lowest BCUT2D eigenvalue weighted by molar-refractivity contribution is -0.0644. The molecule has 1 fully saturated rings. The Morgan fingerprint density at radius 3 is 2.55 bits per heavy atom. The van der Waals surface area contributed by atoms with Crippen LogP contribution in [-0.2, 0) is 11.2 Å². The molecular weight excluding hydrogens is 459 g/mol. The first-order chi connectivity index (χ1) is 16.0. The Kier molecular flexibility index (Phi) is 7.76. The van der Waals surface area contributed by atoms with Gasteiger partial charge in [-0.1, -0.05) is 65.7 Å². The molecule has 0 saturated carbocycles. The number of amides is 2. The molecule has 0 radical (unpaired) electrons. The van der Waals surface area contributed by atoms with E-state index in [1.54, 1.807) is 12.0 Å². The van der Waals surface area contributed by atoms with Gasteiger partial charge >= 0.3 is 6.03 Å². The maximum absolute atomic E-state index is 12.5. The number of halogens is 2. The van der Waals surface area contributed by atoms with Crippen molar-refractivity contribution < 1.29 is 14.3 Å². The normalized spacial score (nSPS) is 14.5. The second kappa shape index (κ2) is 10.9. The van der Waals surface area contributed by atoms with Crippen LogP contribution >= 0.6 is 23.2 Å². The van der Waals surface area contributed by atoms with Crippen molar-refractivity contribution in [3.8, 4) is 5.75 Å². The predicted molar refractivity (Wildman–Crippen MR) is 131 cm³/mol. The summed E-state index contributed by atoms with van der Waals surface area (Å²) in [6.07, 6.45) is 0.326. The number of hydrogen-bond donors (Lipinski definition) is 1. The Labute approximate surface area is 204 Å². The lowest BCUT2D eigenvalue weighted by atomic mass is 10.0. The summed E-state index contributed by atoms with van der Waals surface area (Å²) in [5.41, 5.74) is 2.97. The van der Waals surface area contributed by atoms with E-state index in [1.807, 2.05) is 72.8 Å². The molecule has 4 rings (SSSR count). The second-order valence-corrected chi connectivity index (χ2v) is 8.79. The van der Waals surface area contributed by atoms with E-state index in [9.17, 15) is 4.79 Å². The smallest absolute Gasteiger partial charge is 0.317 e. The van der Waals surface area contributed by atoms with E-state index in [0.29, 0.717) is 29.7 Å². The van der Waals surface area contributed by atoms with Gasteiger partial charge < -0.3 is 19.7 Å². The summed E-state index contributed by atoms with van der Waals surface area (Å²) in [6, 6.07) is 23.0. The summed E-state index contributed by atoms with van der Waals surface area (Å²) in [6.45, 7) is 1.61. The second-order valence-electron chi connectivity index (χ2n) is 7.95. The van der Waals surface area contributed by atoms with Crippen LogP contribution < -0.4 is 10.1 Å². The maximum atomic E-state index is 12.5. The van der Waals surface area contributed by atoms with E-state index in [0.717, 1.165) is 28.9 Å². The topological polar surface area (TPSA) is 50.8 Å². The molecule has 1 atom stereocenters. The number of carbonyl (C=O) groups is 1. The SMILES string of the molecule is COc1cccc(CCNC(=O)N2CC(O[C@@H](c3ccc(Cl)cc3)c3ccccc3Cl)C2)c1. The fourth-order valence-corrected chi connectivity index (χ4v) is 4.15. The average Bonchev–Trinajstić information content (AvgIpc) is 2.80. The average molecular weight is 485 g/mol. The van der Waals surface area contributed by atoms with E-state index < -0.39 is 0 Å². The summed E-state index contributed by atoms with van der Waals surface area (Å²) < 4.78 is 11.6. The zero-order valence-electron chi connectivity index (χ0n) is 18.3. The first kappa shape index (κ1) is 23.4.